The Bertz CT molecular complexity index is 747. The fraction of sp³-hybridized carbons (Fsp3) is 0.588. The average molecular weight is 316 g/mol. The maximum absolute atomic E-state index is 12.8. The number of aromatic nitrogens is 2. The quantitative estimate of drug-likeness (QED) is 0.919. The number of hydrogen-bond acceptors (Lipinski definition) is 5. The molecule has 0 saturated carbocycles. The van der Waals surface area contributed by atoms with E-state index in [0.717, 1.165) is 24.0 Å². The maximum atomic E-state index is 12.8. The number of hydrogen-bond donors (Lipinski definition) is 1. The highest BCUT2D eigenvalue weighted by atomic mass is 16.5. The van der Waals surface area contributed by atoms with Crippen molar-refractivity contribution in [1.29, 1.82) is 0 Å². The lowest BCUT2D eigenvalue weighted by molar-refractivity contribution is 0.0776. The molecule has 3 rings (SSSR count). The molecule has 0 aliphatic carbocycles. The smallest absolute Gasteiger partial charge is 0.257 e. The van der Waals surface area contributed by atoms with E-state index in [1.165, 1.54) is 0 Å². The van der Waals surface area contributed by atoms with E-state index in [2.05, 4.69) is 37.8 Å². The third kappa shape index (κ3) is 2.83. The predicted molar refractivity (Wildman–Crippen MR) is 88.2 cm³/mol. The lowest BCUT2D eigenvalue weighted by atomic mass is 9.90. The Kier molecular flexibility index (Phi) is 3.67. The van der Waals surface area contributed by atoms with Crippen LogP contribution >= 0.6 is 0 Å². The lowest BCUT2D eigenvalue weighted by Gasteiger charge is -2.22. The van der Waals surface area contributed by atoms with Gasteiger partial charge in [0.05, 0.1) is 16.6 Å². The highest BCUT2D eigenvalue weighted by Crippen LogP contribution is 2.31. The SMILES string of the molecule is CC1(CN)CCN(C(=O)c2cnc3onc(C(C)(C)C)c3c2)C1. The molecule has 6 heteroatoms. The number of carbonyl (C=O) groups is 1. The molecule has 1 fully saturated rings. The fourth-order valence-corrected chi connectivity index (χ4v) is 3.04. The van der Waals surface area contributed by atoms with Crippen LogP contribution in [0.2, 0.25) is 0 Å². The first kappa shape index (κ1) is 15.9. The van der Waals surface area contributed by atoms with E-state index < -0.39 is 0 Å². The summed E-state index contributed by atoms with van der Waals surface area (Å²) < 4.78 is 5.28. The summed E-state index contributed by atoms with van der Waals surface area (Å²) in [5, 5.41) is 4.93. The Balaban J connectivity index is 1.93. The predicted octanol–water partition coefficient (Wildman–Crippen LogP) is 2.33. The normalized spacial score (nSPS) is 22.0. The van der Waals surface area contributed by atoms with Gasteiger partial charge in [0.15, 0.2) is 0 Å². The van der Waals surface area contributed by atoms with Crippen molar-refractivity contribution in [1.82, 2.24) is 15.0 Å². The van der Waals surface area contributed by atoms with Crippen molar-refractivity contribution in [2.45, 2.75) is 39.5 Å². The molecule has 1 unspecified atom stereocenters. The maximum Gasteiger partial charge on any atom is 0.257 e. The topological polar surface area (TPSA) is 85.2 Å². The standard InChI is InChI=1S/C17H24N4O2/c1-16(2,3)13-12-7-11(8-19-14(12)23-20-13)15(22)21-6-5-17(4,9-18)10-21/h7-8H,5-6,9-10,18H2,1-4H3. The molecule has 1 saturated heterocycles. The summed E-state index contributed by atoms with van der Waals surface area (Å²) in [7, 11) is 0. The summed E-state index contributed by atoms with van der Waals surface area (Å²) >= 11 is 0. The van der Waals surface area contributed by atoms with Gasteiger partial charge in [-0.3, -0.25) is 4.79 Å². The largest absolute Gasteiger partial charge is 0.338 e. The Morgan fingerprint density at radius 1 is 1.48 bits per heavy atom. The molecule has 0 aromatic carbocycles. The van der Waals surface area contributed by atoms with Gasteiger partial charge in [0, 0.05) is 24.7 Å². The van der Waals surface area contributed by atoms with Gasteiger partial charge in [-0.15, -0.1) is 0 Å². The van der Waals surface area contributed by atoms with E-state index in [-0.39, 0.29) is 16.7 Å². The molecule has 23 heavy (non-hydrogen) atoms. The van der Waals surface area contributed by atoms with E-state index in [0.29, 0.717) is 24.4 Å². The molecule has 2 aromatic rings. The third-order valence-corrected chi connectivity index (χ3v) is 4.62. The number of rotatable bonds is 2. The van der Waals surface area contributed by atoms with Crippen molar-refractivity contribution in [2.75, 3.05) is 19.6 Å². The first-order chi connectivity index (χ1) is 10.7. The number of pyridine rings is 1. The molecule has 0 spiro atoms. The molecule has 2 N–H and O–H groups in total. The van der Waals surface area contributed by atoms with Gasteiger partial charge in [0.25, 0.3) is 11.6 Å². The molecule has 6 nitrogen and oxygen atoms in total. The number of amides is 1. The van der Waals surface area contributed by atoms with Crippen molar-refractivity contribution in [3.05, 3.63) is 23.5 Å². The van der Waals surface area contributed by atoms with Crippen LogP contribution in [0, 0.1) is 5.41 Å². The van der Waals surface area contributed by atoms with Crippen LogP contribution in [-0.2, 0) is 5.41 Å². The molecule has 0 radical (unpaired) electrons. The number of nitrogens with zero attached hydrogens (tertiary/aromatic N) is 3. The highest BCUT2D eigenvalue weighted by Gasteiger charge is 2.35. The third-order valence-electron chi connectivity index (χ3n) is 4.62. The molecule has 124 valence electrons. The molecule has 1 atom stereocenters. The molecular formula is C17H24N4O2. The molecule has 1 amide bonds. The Morgan fingerprint density at radius 3 is 2.83 bits per heavy atom. The van der Waals surface area contributed by atoms with E-state index >= 15 is 0 Å². The summed E-state index contributed by atoms with van der Waals surface area (Å²) in [6.07, 6.45) is 2.51. The van der Waals surface area contributed by atoms with Crippen LogP contribution in [0.4, 0.5) is 0 Å². The first-order valence-electron chi connectivity index (χ1n) is 7.99. The van der Waals surface area contributed by atoms with Crippen molar-refractivity contribution < 1.29 is 9.32 Å². The molecule has 1 aliphatic rings. The van der Waals surface area contributed by atoms with E-state index in [9.17, 15) is 4.79 Å². The summed E-state index contributed by atoms with van der Waals surface area (Å²) in [6, 6.07) is 1.85. The monoisotopic (exact) mass is 316 g/mol. The van der Waals surface area contributed by atoms with Gasteiger partial charge >= 0.3 is 0 Å². The van der Waals surface area contributed by atoms with Gasteiger partial charge in [-0.2, -0.15) is 0 Å². The first-order valence-corrected chi connectivity index (χ1v) is 7.99. The number of nitrogens with two attached hydrogens (primary N) is 1. The Labute approximate surface area is 136 Å². The van der Waals surface area contributed by atoms with Gasteiger partial charge in [-0.25, -0.2) is 4.98 Å². The molecule has 0 bridgehead atoms. The molecule has 2 aromatic heterocycles. The number of likely N-dealkylation sites (tertiary alicyclic amines) is 1. The van der Waals surface area contributed by atoms with Crippen molar-refractivity contribution >= 4 is 17.0 Å². The minimum absolute atomic E-state index is 0.00219. The summed E-state index contributed by atoms with van der Waals surface area (Å²) in [5.41, 5.74) is 7.55. The Morgan fingerprint density at radius 2 is 2.22 bits per heavy atom. The minimum atomic E-state index is -0.166. The van der Waals surface area contributed by atoms with Crippen LogP contribution in [0.25, 0.3) is 11.1 Å². The van der Waals surface area contributed by atoms with Gasteiger partial charge in [0.2, 0.25) is 0 Å². The highest BCUT2D eigenvalue weighted by molar-refractivity contribution is 5.97. The van der Waals surface area contributed by atoms with Crippen molar-refractivity contribution in [3.8, 4) is 0 Å². The van der Waals surface area contributed by atoms with Crippen molar-refractivity contribution in [2.24, 2.45) is 11.1 Å². The van der Waals surface area contributed by atoms with E-state index in [4.69, 9.17) is 10.3 Å². The van der Waals surface area contributed by atoms with Crippen molar-refractivity contribution in [3.63, 3.8) is 0 Å². The fourth-order valence-electron chi connectivity index (χ4n) is 3.04. The van der Waals surface area contributed by atoms with Gasteiger partial charge in [0.1, 0.15) is 0 Å². The van der Waals surface area contributed by atoms with Crippen LogP contribution in [0.5, 0.6) is 0 Å². The Hall–Kier alpha value is -1.95. The molecule has 3 heterocycles. The summed E-state index contributed by atoms with van der Waals surface area (Å²) in [4.78, 5) is 18.9. The van der Waals surface area contributed by atoms with Crippen LogP contribution in [0.3, 0.4) is 0 Å². The van der Waals surface area contributed by atoms with Crippen LogP contribution in [-0.4, -0.2) is 40.6 Å². The zero-order valence-corrected chi connectivity index (χ0v) is 14.2. The van der Waals surface area contributed by atoms with E-state index in [1.807, 2.05) is 11.0 Å². The lowest BCUT2D eigenvalue weighted by Crippen LogP contribution is -2.34. The average Bonchev–Trinajstić information content (AvgIpc) is 3.09. The molecular weight excluding hydrogens is 292 g/mol. The zero-order chi connectivity index (χ0) is 16.8. The number of carbonyl (C=O) groups excluding carboxylic acids is 1. The minimum Gasteiger partial charge on any atom is -0.338 e. The van der Waals surface area contributed by atoms with Gasteiger partial charge < -0.3 is 15.2 Å². The van der Waals surface area contributed by atoms with Gasteiger partial charge in [-0.05, 0) is 24.4 Å². The zero-order valence-electron chi connectivity index (χ0n) is 14.2. The van der Waals surface area contributed by atoms with Crippen LogP contribution in [0.15, 0.2) is 16.8 Å². The number of fused-ring (bicyclic) bond motifs is 1. The van der Waals surface area contributed by atoms with Gasteiger partial charge in [-0.1, -0.05) is 32.9 Å². The second-order valence-corrected chi connectivity index (χ2v) is 7.85. The van der Waals surface area contributed by atoms with Crippen LogP contribution in [0.1, 0.15) is 50.2 Å². The second kappa shape index (κ2) is 5.30. The molecule has 1 aliphatic heterocycles. The van der Waals surface area contributed by atoms with Crippen LogP contribution < -0.4 is 5.73 Å². The second-order valence-electron chi connectivity index (χ2n) is 7.85. The van der Waals surface area contributed by atoms with E-state index in [1.54, 1.807) is 6.20 Å². The summed E-state index contributed by atoms with van der Waals surface area (Å²) in [5.74, 6) is -0.00219. The summed E-state index contributed by atoms with van der Waals surface area (Å²) in [6.45, 7) is 10.3.